The van der Waals surface area contributed by atoms with Crippen LogP contribution in [-0.2, 0) is 19.6 Å². The van der Waals surface area contributed by atoms with E-state index in [1.165, 1.54) is 20.0 Å². The van der Waals surface area contributed by atoms with E-state index in [9.17, 15) is 18.0 Å². The predicted molar refractivity (Wildman–Crippen MR) is 94.7 cm³/mol. The van der Waals surface area contributed by atoms with Gasteiger partial charge >= 0.3 is 0 Å². The fourth-order valence-corrected chi connectivity index (χ4v) is 3.70. The van der Waals surface area contributed by atoms with Gasteiger partial charge in [-0.15, -0.1) is 0 Å². The normalized spacial score (nSPS) is 15.9. The molecule has 1 aromatic carbocycles. The van der Waals surface area contributed by atoms with Gasteiger partial charge in [-0.3, -0.25) is 14.5 Å². The largest absolute Gasteiger partial charge is 0.340 e. The summed E-state index contributed by atoms with van der Waals surface area (Å²) in [6.45, 7) is 5.94. The third kappa shape index (κ3) is 5.00. The highest BCUT2D eigenvalue weighted by molar-refractivity contribution is 7.89. The molecule has 138 valence electrons. The van der Waals surface area contributed by atoms with E-state index in [0.717, 1.165) is 0 Å². The van der Waals surface area contributed by atoms with Crippen molar-refractivity contribution in [2.45, 2.75) is 18.7 Å². The van der Waals surface area contributed by atoms with Crippen molar-refractivity contribution in [1.29, 1.82) is 0 Å². The summed E-state index contributed by atoms with van der Waals surface area (Å²) in [5, 5.41) is 2.73. The van der Waals surface area contributed by atoms with Gasteiger partial charge in [0, 0.05) is 38.8 Å². The first-order valence-corrected chi connectivity index (χ1v) is 9.53. The number of piperazine rings is 1. The van der Waals surface area contributed by atoms with Crippen LogP contribution in [0.5, 0.6) is 0 Å². The molecule has 0 bridgehead atoms. The van der Waals surface area contributed by atoms with Crippen LogP contribution < -0.4 is 10.0 Å². The molecule has 1 aliphatic heterocycles. The molecule has 1 aromatic rings. The highest BCUT2D eigenvalue weighted by Gasteiger charge is 2.21. The molecule has 0 aromatic heterocycles. The van der Waals surface area contributed by atoms with Crippen molar-refractivity contribution in [2.75, 3.05) is 45.1 Å². The number of carbonyl (C=O) groups is 2. The van der Waals surface area contributed by atoms with E-state index in [1.807, 2.05) is 4.90 Å². The van der Waals surface area contributed by atoms with Gasteiger partial charge in [0.25, 0.3) is 0 Å². The van der Waals surface area contributed by atoms with Crippen molar-refractivity contribution >= 4 is 27.5 Å². The molecule has 2 rings (SSSR count). The summed E-state index contributed by atoms with van der Waals surface area (Å²) in [6, 6.07) is 4.79. The van der Waals surface area contributed by atoms with E-state index in [4.69, 9.17) is 0 Å². The number of rotatable bonds is 5. The van der Waals surface area contributed by atoms with Crippen LogP contribution in [0.15, 0.2) is 23.1 Å². The Kier molecular flexibility index (Phi) is 6.15. The van der Waals surface area contributed by atoms with Gasteiger partial charge in [0.05, 0.1) is 11.4 Å². The standard InChI is InChI=1S/C16H24N4O4S/c1-12-4-5-14(10-15(12)25(23,24)17-3)18-16(22)11-19-6-8-20(9-7-19)13(2)21/h4-5,10,17H,6-9,11H2,1-3H3,(H,18,22). The average Bonchev–Trinajstić information content (AvgIpc) is 2.57. The second kappa shape index (κ2) is 7.94. The number of nitrogens with one attached hydrogen (secondary N) is 2. The molecule has 9 heteroatoms. The van der Waals surface area contributed by atoms with Crippen LogP contribution in [0.4, 0.5) is 5.69 Å². The highest BCUT2D eigenvalue weighted by Crippen LogP contribution is 2.20. The highest BCUT2D eigenvalue weighted by atomic mass is 32.2. The minimum Gasteiger partial charge on any atom is -0.340 e. The molecular weight excluding hydrogens is 344 g/mol. The first-order chi connectivity index (χ1) is 11.7. The molecular formula is C16H24N4O4S. The van der Waals surface area contributed by atoms with Crippen molar-refractivity contribution in [1.82, 2.24) is 14.5 Å². The van der Waals surface area contributed by atoms with Crippen molar-refractivity contribution in [2.24, 2.45) is 0 Å². The summed E-state index contributed by atoms with van der Waals surface area (Å²) in [5.74, 6) is -0.171. The predicted octanol–water partition coefficient (Wildman–Crippen LogP) is 0.00572. The topological polar surface area (TPSA) is 98.8 Å². The number of amides is 2. The zero-order chi connectivity index (χ0) is 18.6. The Morgan fingerprint density at radius 2 is 1.80 bits per heavy atom. The Morgan fingerprint density at radius 1 is 1.16 bits per heavy atom. The van der Waals surface area contributed by atoms with Gasteiger partial charge in [0.15, 0.2) is 0 Å². The summed E-state index contributed by atoms with van der Waals surface area (Å²) in [4.78, 5) is 27.4. The van der Waals surface area contributed by atoms with Crippen LogP contribution in [0.1, 0.15) is 12.5 Å². The summed E-state index contributed by atoms with van der Waals surface area (Å²) in [5.41, 5.74) is 1.04. The number of benzene rings is 1. The first-order valence-electron chi connectivity index (χ1n) is 8.05. The number of aryl methyl sites for hydroxylation is 1. The van der Waals surface area contributed by atoms with Crippen LogP contribution in [0.2, 0.25) is 0 Å². The lowest BCUT2D eigenvalue weighted by Gasteiger charge is -2.33. The minimum atomic E-state index is -3.58. The Morgan fingerprint density at radius 3 is 2.36 bits per heavy atom. The molecule has 8 nitrogen and oxygen atoms in total. The van der Waals surface area contributed by atoms with Crippen LogP contribution >= 0.6 is 0 Å². The molecule has 0 aliphatic carbocycles. The zero-order valence-electron chi connectivity index (χ0n) is 14.7. The summed E-state index contributed by atoms with van der Waals surface area (Å²) in [7, 11) is -2.23. The number of sulfonamides is 1. The van der Waals surface area contributed by atoms with Gasteiger partial charge in [-0.25, -0.2) is 13.1 Å². The summed E-state index contributed by atoms with van der Waals surface area (Å²) >= 11 is 0. The van der Waals surface area contributed by atoms with Gasteiger partial charge in [0.2, 0.25) is 21.8 Å². The third-order valence-corrected chi connectivity index (χ3v) is 5.77. The van der Waals surface area contributed by atoms with Crippen LogP contribution in [0.25, 0.3) is 0 Å². The number of nitrogens with zero attached hydrogens (tertiary/aromatic N) is 2. The van der Waals surface area contributed by atoms with Gasteiger partial charge in [-0.05, 0) is 31.7 Å². The van der Waals surface area contributed by atoms with E-state index in [1.54, 1.807) is 24.0 Å². The molecule has 0 spiro atoms. The SMILES string of the molecule is CNS(=O)(=O)c1cc(NC(=O)CN2CCN(C(C)=O)CC2)ccc1C. The van der Waals surface area contributed by atoms with Gasteiger partial charge < -0.3 is 10.2 Å². The van der Waals surface area contributed by atoms with Gasteiger partial charge in [-0.2, -0.15) is 0 Å². The Balaban J connectivity index is 1.97. The molecule has 1 heterocycles. The monoisotopic (exact) mass is 368 g/mol. The van der Waals surface area contributed by atoms with Crippen molar-refractivity contribution in [3.63, 3.8) is 0 Å². The molecule has 25 heavy (non-hydrogen) atoms. The zero-order valence-corrected chi connectivity index (χ0v) is 15.5. The molecule has 2 N–H and O–H groups in total. The Hall–Kier alpha value is -1.97. The Bertz CT molecular complexity index is 755. The van der Waals surface area contributed by atoms with Crippen LogP contribution in [-0.4, -0.2) is 69.8 Å². The van der Waals surface area contributed by atoms with E-state index in [0.29, 0.717) is 37.4 Å². The van der Waals surface area contributed by atoms with E-state index < -0.39 is 10.0 Å². The average molecular weight is 368 g/mol. The maximum atomic E-state index is 12.2. The summed E-state index contributed by atoms with van der Waals surface area (Å²) < 4.78 is 26.3. The van der Waals surface area contributed by atoms with Crippen molar-refractivity contribution in [3.05, 3.63) is 23.8 Å². The quantitative estimate of drug-likeness (QED) is 0.763. The van der Waals surface area contributed by atoms with E-state index >= 15 is 0 Å². The number of anilines is 1. The molecule has 0 atom stereocenters. The molecule has 1 saturated heterocycles. The third-order valence-electron chi connectivity index (χ3n) is 4.21. The first kappa shape index (κ1) is 19.4. The molecule has 1 fully saturated rings. The summed E-state index contributed by atoms with van der Waals surface area (Å²) in [6.07, 6.45) is 0. The lowest BCUT2D eigenvalue weighted by molar-refractivity contribution is -0.130. The molecule has 0 saturated carbocycles. The van der Waals surface area contributed by atoms with Crippen molar-refractivity contribution < 1.29 is 18.0 Å². The molecule has 2 amide bonds. The lowest BCUT2D eigenvalue weighted by Crippen LogP contribution is -2.49. The lowest BCUT2D eigenvalue weighted by atomic mass is 10.2. The number of hydrogen-bond donors (Lipinski definition) is 2. The smallest absolute Gasteiger partial charge is 0.240 e. The van der Waals surface area contributed by atoms with Crippen LogP contribution in [0.3, 0.4) is 0 Å². The maximum Gasteiger partial charge on any atom is 0.240 e. The van der Waals surface area contributed by atoms with E-state index in [2.05, 4.69) is 10.0 Å². The van der Waals surface area contributed by atoms with Crippen LogP contribution in [0, 0.1) is 6.92 Å². The van der Waals surface area contributed by atoms with E-state index in [-0.39, 0.29) is 23.3 Å². The van der Waals surface area contributed by atoms with Gasteiger partial charge in [0.1, 0.15) is 0 Å². The van der Waals surface area contributed by atoms with Gasteiger partial charge in [-0.1, -0.05) is 6.07 Å². The molecule has 0 unspecified atom stereocenters. The Labute approximate surface area is 148 Å². The molecule has 0 radical (unpaired) electrons. The number of carbonyl (C=O) groups excluding carboxylic acids is 2. The fourth-order valence-electron chi connectivity index (χ4n) is 2.70. The second-order valence-corrected chi connectivity index (χ2v) is 7.87. The molecule has 1 aliphatic rings. The fraction of sp³-hybridized carbons (Fsp3) is 0.500. The second-order valence-electron chi connectivity index (χ2n) is 6.02. The maximum absolute atomic E-state index is 12.2. The van der Waals surface area contributed by atoms with Crippen molar-refractivity contribution in [3.8, 4) is 0 Å². The number of hydrogen-bond acceptors (Lipinski definition) is 5. The minimum absolute atomic E-state index is 0.0435.